The highest BCUT2D eigenvalue weighted by atomic mass is 35.5. The molecule has 0 amide bonds. The Bertz CT molecular complexity index is 764. The van der Waals surface area contributed by atoms with E-state index >= 15 is 0 Å². The number of pyridine rings is 1. The fourth-order valence-corrected chi connectivity index (χ4v) is 1.75. The number of anilines is 3. The predicted molar refractivity (Wildman–Crippen MR) is 77.8 cm³/mol. The molecule has 0 aliphatic rings. The fraction of sp³-hybridized carbons (Fsp3) is 0. The molecule has 3 aromatic heterocycles. The van der Waals surface area contributed by atoms with Gasteiger partial charge in [0.2, 0.25) is 11.9 Å². The zero-order valence-corrected chi connectivity index (χ0v) is 11.4. The molecule has 0 aliphatic carbocycles. The van der Waals surface area contributed by atoms with Crippen molar-refractivity contribution < 1.29 is 0 Å². The normalized spacial score (nSPS) is 10.3. The van der Waals surface area contributed by atoms with Gasteiger partial charge >= 0.3 is 0 Å². The van der Waals surface area contributed by atoms with Crippen LogP contribution in [0.5, 0.6) is 0 Å². The first kappa shape index (κ1) is 13.1. The standard InChI is InChI=1S/C12H9ClN8/c13-9-3-1-2-8(18-9)10-19-11(14)21-12(20-10)17-7-4-15-6-16-5-7/h1-6H,(H3,14,17,19,20,21). The van der Waals surface area contributed by atoms with E-state index in [4.69, 9.17) is 17.3 Å². The van der Waals surface area contributed by atoms with Crippen LogP contribution < -0.4 is 11.1 Å². The van der Waals surface area contributed by atoms with Crippen molar-refractivity contribution in [3.8, 4) is 11.5 Å². The number of hydrogen-bond acceptors (Lipinski definition) is 8. The number of aromatic nitrogens is 6. The van der Waals surface area contributed by atoms with Crippen molar-refractivity contribution in [3.05, 3.63) is 42.1 Å². The predicted octanol–water partition coefficient (Wildman–Crippen LogP) is 1.70. The Hall–Kier alpha value is -2.87. The number of hydrogen-bond donors (Lipinski definition) is 2. The summed E-state index contributed by atoms with van der Waals surface area (Å²) in [6.07, 6.45) is 4.60. The summed E-state index contributed by atoms with van der Waals surface area (Å²) in [6.45, 7) is 0. The summed E-state index contributed by atoms with van der Waals surface area (Å²) >= 11 is 5.86. The molecule has 3 N–H and O–H groups in total. The van der Waals surface area contributed by atoms with E-state index in [2.05, 4.69) is 35.2 Å². The molecule has 0 unspecified atom stereocenters. The maximum atomic E-state index is 5.86. The number of nitrogens with one attached hydrogen (secondary N) is 1. The summed E-state index contributed by atoms with van der Waals surface area (Å²) in [5.74, 6) is 0.666. The number of nitrogens with zero attached hydrogens (tertiary/aromatic N) is 6. The molecule has 0 aliphatic heterocycles. The first-order chi connectivity index (χ1) is 10.2. The van der Waals surface area contributed by atoms with Crippen molar-refractivity contribution >= 4 is 29.2 Å². The highest BCUT2D eigenvalue weighted by molar-refractivity contribution is 6.29. The molecule has 8 nitrogen and oxygen atoms in total. The van der Waals surface area contributed by atoms with Crippen LogP contribution in [0.2, 0.25) is 5.15 Å². The van der Waals surface area contributed by atoms with Crippen LogP contribution in [0.4, 0.5) is 17.6 Å². The quantitative estimate of drug-likeness (QED) is 0.702. The van der Waals surface area contributed by atoms with E-state index in [-0.39, 0.29) is 11.9 Å². The lowest BCUT2D eigenvalue weighted by Gasteiger charge is -2.06. The van der Waals surface area contributed by atoms with Gasteiger partial charge in [-0.25, -0.2) is 15.0 Å². The van der Waals surface area contributed by atoms with E-state index in [0.29, 0.717) is 22.4 Å². The van der Waals surface area contributed by atoms with Gasteiger partial charge in [-0.2, -0.15) is 15.0 Å². The lowest BCUT2D eigenvalue weighted by molar-refractivity contribution is 1.06. The van der Waals surface area contributed by atoms with Gasteiger partial charge in [0.25, 0.3) is 0 Å². The summed E-state index contributed by atoms with van der Waals surface area (Å²) in [5.41, 5.74) is 6.83. The van der Waals surface area contributed by atoms with Crippen LogP contribution in [-0.4, -0.2) is 29.9 Å². The third-order valence-electron chi connectivity index (χ3n) is 2.41. The molecular formula is C12H9ClN8. The van der Waals surface area contributed by atoms with Crippen LogP contribution >= 0.6 is 11.6 Å². The smallest absolute Gasteiger partial charge is 0.232 e. The van der Waals surface area contributed by atoms with Crippen molar-refractivity contribution in [1.29, 1.82) is 0 Å². The van der Waals surface area contributed by atoms with Gasteiger partial charge in [-0.3, -0.25) is 0 Å². The van der Waals surface area contributed by atoms with Gasteiger partial charge in [0.1, 0.15) is 17.2 Å². The largest absolute Gasteiger partial charge is 0.368 e. The van der Waals surface area contributed by atoms with E-state index in [1.807, 2.05) is 0 Å². The zero-order valence-electron chi connectivity index (χ0n) is 10.6. The second-order valence-corrected chi connectivity index (χ2v) is 4.33. The van der Waals surface area contributed by atoms with Gasteiger partial charge in [-0.1, -0.05) is 17.7 Å². The molecule has 0 saturated heterocycles. The molecule has 0 radical (unpaired) electrons. The molecule has 3 aromatic rings. The van der Waals surface area contributed by atoms with E-state index < -0.39 is 0 Å². The van der Waals surface area contributed by atoms with Gasteiger partial charge in [0.15, 0.2) is 5.82 Å². The first-order valence-corrected chi connectivity index (χ1v) is 6.25. The highest BCUT2D eigenvalue weighted by Crippen LogP contribution is 2.18. The molecule has 0 bridgehead atoms. The fourth-order valence-electron chi connectivity index (χ4n) is 1.59. The summed E-state index contributed by atoms with van der Waals surface area (Å²) in [5, 5.41) is 3.29. The maximum absolute atomic E-state index is 5.86. The molecule has 0 aromatic carbocycles. The maximum Gasteiger partial charge on any atom is 0.232 e. The van der Waals surface area contributed by atoms with E-state index in [0.717, 1.165) is 0 Å². The lowest BCUT2D eigenvalue weighted by Crippen LogP contribution is -2.05. The summed E-state index contributed by atoms with van der Waals surface area (Å²) in [4.78, 5) is 24.2. The van der Waals surface area contributed by atoms with Crippen LogP contribution in [0.1, 0.15) is 0 Å². The first-order valence-electron chi connectivity index (χ1n) is 5.87. The zero-order chi connectivity index (χ0) is 14.7. The highest BCUT2D eigenvalue weighted by Gasteiger charge is 2.09. The molecule has 3 heterocycles. The van der Waals surface area contributed by atoms with Crippen LogP contribution in [0.15, 0.2) is 36.9 Å². The SMILES string of the molecule is Nc1nc(Nc2cncnc2)nc(-c2cccc(Cl)n2)n1. The Labute approximate surface area is 124 Å². The van der Waals surface area contributed by atoms with E-state index in [9.17, 15) is 0 Å². The topological polar surface area (TPSA) is 115 Å². The minimum atomic E-state index is 0.0705. The van der Waals surface area contributed by atoms with Crippen molar-refractivity contribution in [2.75, 3.05) is 11.1 Å². The minimum Gasteiger partial charge on any atom is -0.368 e. The number of nitrogen functional groups attached to an aromatic ring is 1. The van der Waals surface area contributed by atoms with Crippen molar-refractivity contribution in [2.24, 2.45) is 0 Å². The Morgan fingerprint density at radius 2 is 1.81 bits per heavy atom. The number of halogens is 1. The van der Waals surface area contributed by atoms with Crippen LogP contribution in [-0.2, 0) is 0 Å². The molecule has 0 atom stereocenters. The monoisotopic (exact) mass is 300 g/mol. The third kappa shape index (κ3) is 3.18. The Morgan fingerprint density at radius 3 is 2.57 bits per heavy atom. The summed E-state index contributed by atoms with van der Waals surface area (Å²) in [7, 11) is 0. The average molecular weight is 301 g/mol. The van der Waals surface area contributed by atoms with Crippen molar-refractivity contribution in [1.82, 2.24) is 29.9 Å². The molecule has 0 fully saturated rings. The van der Waals surface area contributed by atoms with Crippen LogP contribution in [0, 0.1) is 0 Å². The molecule has 3 rings (SSSR count). The van der Waals surface area contributed by atoms with E-state index in [1.54, 1.807) is 30.6 Å². The van der Waals surface area contributed by atoms with Crippen molar-refractivity contribution in [2.45, 2.75) is 0 Å². The minimum absolute atomic E-state index is 0.0705. The van der Waals surface area contributed by atoms with Gasteiger partial charge < -0.3 is 11.1 Å². The second kappa shape index (κ2) is 5.63. The van der Waals surface area contributed by atoms with Gasteiger partial charge in [0.05, 0.1) is 18.1 Å². The third-order valence-corrected chi connectivity index (χ3v) is 2.62. The number of nitrogens with two attached hydrogens (primary N) is 1. The van der Waals surface area contributed by atoms with Gasteiger partial charge in [-0.15, -0.1) is 0 Å². The average Bonchev–Trinajstić information content (AvgIpc) is 2.48. The van der Waals surface area contributed by atoms with Crippen LogP contribution in [0.3, 0.4) is 0 Å². The molecule has 21 heavy (non-hydrogen) atoms. The second-order valence-electron chi connectivity index (χ2n) is 3.94. The molecular weight excluding hydrogens is 292 g/mol. The van der Waals surface area contributed by atoms with Gasteiger partial charge in [0, 0.05) is 0 Å². The Balaban J connectivity index is 1.97. The molecule has 104 valence electrons. The molecule has 0 saturated carbocycles. The number of rotatable bonds is 3. The summed E-state index contributed by atoms with van der Waals surface area (Å²) < 4.78 is 0. The van der Waals surface area contributed by atoms with E-state index in [1.165, 1.54) is 6.33 Å². The Kier molecular flexibility index (Phi) is 3.52. The molecule has 0 spiro atoms. The Morgan fingerprint density at radius 1 is 1.00 bits per heavy atom. The lowest BCUT2D eigenvalue weighted by atomic mass is 10.3. The molecule has 9 heteroatoms. The van der Waals surface area contributed by atoms with Gasteiger partial charge in [-0.05, 0) is 12.1 Å². The van der Waals surface area contributed by atoms with Crippen LogP contribution in [0.25, 0.3) is 11.5 Å². The van der Waals surface area contributed by atoms with Crippen molar-refractivity contribution in [3.63, 3.8) is 0 Å². The summed E-state index contributed by atoms with van der Waals surface area (Å²) in [6, 6.07) is 5.15.